The third kappa shape index (κ3) is 3.86. The fraction of sp³-hybridized carbons (Fsp3) is 0.750. The first-order valence-electron chi connectivity index (χ1n) is 5.96. The van der Waals surface area contributed by atoms with Crippen molar-refractivity contribution in [2.45, 2.75) is 32.9 Å². The van der Waals surface area contributed by atoms with Gasteiger partial charge in [0.2, 0.25) is 0 Å². The maximum atomic E-state index is 4.68. The maximum Gasteiger partial charge on any atom is 0.185 e. The Morgan fingerprint density at radius 3 is 2.76 bits per heavy atom. The van der Waals surface area contributed by atoms with Crippen molar-refractivity contribution in [3.05, 3.63) is 10.6 Å². The minimum absolute atomic E-state index is 0.581. The molecular formula is C12H23N3S2. The van der Waals surface area contributed by atoms with E-state index in [2.05, 4.69) is 42.4 Å². The average Bonchev–Trinajstić information content (AvgIpc) is 2.68. The smallest absolute Gasteiger partial charge is 0.185 e. The van der Waals surface area contributed by atoms with Crippen LogP contribution in [0.25, 0.3) is 0 Å². The topological polar surface area (TPSA) is 28.2 Å². The van der Waals surface area contributed by atoms with Crippen molar-refractivity contribution in [2.24, 2.45) is 0 Å². The van der Waals surface area contributed by atoms with Crippen molar-refractivity contribution in [3.63, 3.8) is 0 Å². The van der Waals surface area contributed by atoms with Crippen LogP contribution in [-0.4, -0.2) is 37.1 Å². The summed E-state index contributed by atoms with van der Waals surface area (Å²) in [6, 6.07) is 0.581. The van der Waals surface area contributed by atoms with Gasteiger partial charge in [-0.3, -0.25) is 0 Å². The normalized spacial score (nSPS) is 12.8. The molecule has 1 rings (SSSR count). The van der Waals surface area contributed by atoms with E-state index in [1.54, 1.807) is 11.3 Å². The minimum atomic E-state index is 0.581. The lowest BCUT2D eigenvalue weighted by Gasteiger charge is -2.26. The minimum Gasteiger partial charge on any atom is -0.347 e. The van der Waals surface area contributed by atoms with Crippen LogP contribution in [0.4, 0.5) is 5.13 Å². The fourth-order valence-electron chi connectivity index (χ4n) is 1.74. The van der Waals surface area contributed by atoms with Crippen LogP contribution in [0.15, 0.2) is 0 Å². The van der Waals surface area contributed by atoms with Crippen molar-refractivity contribution in [1.82, 2.24) is 10.3 Å². The highest BCUT2D eigenvalue weighted by Crippen LogP contribution is 2.27. The summed E-state index contributed by atoms with van der Waals surface area (Å²) in [6.07, 6.45) is 3.33. The van der Waals surface area contributed by atoms with E-state index in [4.69, 9.17) is 0 Å². The lowest BCUT2D eigenvalue weighted by Crippen LogP contribution is -2.33. The zero-order chi connectivity index (χ0) is 12.8. The SMILES string of the molecule is CCC(CSC)N(C)c1nc(C)c(CNC)s1. The van der Waals surface area contributed by atoms with Crippen molar-refractivity contribution >= 4 is 28.2 Å². The van der Waals surface area contributed by atoms with Gasteiger partial charge in [0, 0.05) is 30.3 Å². The van der Waals surface area contributed by atoms with Crippen LogP contribution in [0.3, 0.4) is 0 Å². The van der Waals surface area contributed by atoms with E-state index in [9.17, 15) is 0 Å². The summed E-state index contributed by atoms with van der Waals surface area (Å²) in [6.45, 7) is 5.25. The lowest BCUT2D eigenvalue weighted by molar-refractivity contribution is 0.671. The van der Waals surface area contributed by atoms with Crippen LogP contribution in [0, 0.1) is 6.92 Å². The number of aryl methyl sites for hydroxylation is 1. The summed E-state index contributed by atoms with van der Waals surface area (Å²) in [5, 5.41) is 4.34. The second-order valence-corrected chi connectivity index (χ2v) is 6.14. The van der Waals surface area contributed by atoms with E-state index in [1.807, 2.05) is 18.8 Å². The molecule has 1 atom stereocenters. The Labute approximate surface area is 113 Å². The molecule has 0 aliphatic heterocycles. The first kappa shape index (κ1) is 14.8. The van der Waals surface area contributed by atoms with Gasteiger partial charge in [0.05, 0.1) is 5.69 Å². The van der Waals surface area contributed by atoms with Gasteiger partial charge in [0.15, 0.2) is 5.13 Å². The van der Waals surface area contributed by atoms with Gasteiger partial charge in [-0.1, -0.05) is 6.92 Å². The molecule has 0 spiro atoms. The van der Waals surface area contributed by atoms with Crippen LogP contribution in [-0.2, 0) is 6.54 Å². The van der Waals surface area contributed by atoms with E-state index in [1.165, 1.54) is 4.88 Å². The molecule has 5 heteroatoms. The summed E-state index contributed by atoms with van der Waals surface area (Å²) in [5.74, 6) is 1.16. The number of rotatable bonds is 7. The van der Waals surface area contributed by atoms with E-state index in [0.717, 1.165) is 29.5 Å². The molecule has 17 heavy (non-hydrogen) atoms. The summed E-state index contributed by atoms with van der Waals surface area (Å²) in [7, 11) is 4.14. The van der Waals surface area contributed by atoms with Gasteiger partial charge in [-0.25, -0.2) is 4.98 Å². The number of thioether (sulfide) groups is 1. The van der Waals surface area contributed by atoms with Gasteiger partial charge < -0.3 is 10.2 Å². The van der Waals surface area contributed by atoms with E-state index in [-0.39, 0.29) is 0 Å². The molecule has 0 fully saturated rings. The van der Waals surface area contributed by atoms with Gasteiger partial charge in [0.25, 0.3) is 0 Å². The molecule has 0 aliphatic carbocycles. The molecule has 3 nitrogen and oxygen atoms in total. The van der Waals surface area contributed by atoms with Gasteiger partial charge in [-0.2, -0.15) is 11.8 Å². The van der Waals surface area contributed by atoms with Crippen LogP contribution in [0.2, 0.25) is 0 Å². The Hall–Kier alpha value is -0.260. The highest BCUT2D eigenvalue weighted by molar-refractivity contribution is 7.98. The standard InChI is InChI=1S/C12H23N3S2/c1-6-10(8-16-5)15(4)12-14-9(2)11(17-12)7-13-3/h10,13H,6-8H2,1-5H3. The summed E-state index contributed by atoms with van der Waals surface area (Å²) in [4.78, 5) is 8.34. The Balaban J connectivity index is 2.80. The number of nitrogens with zero attached hydrogens (tertiary/aromatic N) is 2. The number of anilines is 1. The summed E-state index contributed by atoms with van der Waals surface area (Å²) >= 11 is 3.71. The summed E-state index contributed by atoms with van der Waals surface area (Å²) < 4.78 is 0. The quantitative estimate of drug-likeness (QED) is 0.827. The zero-order valence-corrected chi connectivity index (χ0v) is 13.0. The van der Waals surface area contributed by atoms with Gasteiger partial charge in [-0.05, 0) is 26.6 Å². The number of aromatic nitrogens is 1. The van der Waals surface area contributed by atoms with Crippen LogP contribution in [0.1, 0.15) is 23.9 Å². The molecule has 1 N–H and O–H groups in total. The van der Waals surface area contributed by atoms with Gasteiger partial charge in [0.1, 0.15) is 0 Å². The number of nitrogens with one attached hydrogen (secondary N) is 1. The first-order valence-corrected chi connectivity index (χ1v) is 8.17. The predicted molar refractivity (Wildman–Crippen MR) is 80.5 cm³/mol. The monoisotopic (exact) mass is 273 g/mol. The second-order valence-electron chi connectivity index (χ2n) is 4.16. The van der Waals surface area contributed by atoms with E-state index < -0.39 is 0 Å². The van der Waals surface area contributed by atoms with E-state index in [0.29, 0.717) is 6.04 Å². The molecule has 1 aromatic heterocycles. The molecule has 0 aromatic carbocycles. The van der Waals surface area contributed by atoms with E-state index >= 15 is 0 Å². The molecular weight excluding hydrogens is 250 g/mol. The third-order valence-corrected chi connectivity index (χ3v) is 4.86. The molecule has 1 unspecified atom stereocenters. The maximum absolute atomic E-state index is 4.68. The summed E-state index contributed by atoms with van der Waals surface area (Å²) in [5.41, 5.74) is 1.16. The average molecular weight is 273 g/mol. The molecule has 0 radical (unpaired) electrons. The number of hydrogen-bond acceptors (Lipinski definition) is 5. The van der Waals surface area contributed by atoms with Crippen LogP contribution >= 0.6 is 23.1 Å². The van der Waals surface area contributed by atoms with Crippen LogP contribution < -0.4 is 10.2 Å². The van der Waals surface area contributed by atoms with Crippen molar-refractivity contribution < 1.29 is 0 Å². The largest absolute Gasteiger partial charge is 0.347 e. The predicted octanol–water partition coefficient (Wildman–Crippen LogP) is 2.75. The molecule has 0 saturated carbocycles. The Morgan fingerprint density at radius 1 is 1.53 bits per heavy atom. The molecule has 0 bridgehead atoms. The fourth-order valence-corrected chi connectivity index (χ4v) is 3.69. The van der Waals surface area contributed by atoms with Gasteiger partial charge in [-0.15, -0.1) is 11.3 Å². The molecule has 1 aromatic rings. The van der Waals surface area contributed by atoms with Crippen molar-refractivity contribution in [3.8, 4) is 0 Å². The van der Waals surface area contributed by atoms with Crippen molar-refractivity contribution in [2.75, 3.05) is 31.0 Å². The highest BCUT2D eigenvalue weighted by Gasteiger charge is 2.17. The lowest BCUT2D eigenvalue weighted by atomic mass is 10.2. The Kier molecular flexibility index (Phi) is 6.30. The van der Waals surface area contributed by atoms with Crippen molar-refractivity contribution in [1.29, 1.82) is 0 Å². The third-order valence-electron chi connectivity index (χ3n) is 2.90. The molecule has 1 heterocycles. The zero-order valence-electron chi connectivity index (χ0n) is 11.4. The van der Waals surface area contributed by atoms with Crippen LogP contribution in [0.5, 0.6) is 0 Å². The first-order chi connectivity index (χ1) is 8.13. The Bertz CT molecular complexity index is 338. The Morgan fingerprint density at radius 2 is 2.24 bits per heavy atom. The molecule has 98 valence electrons. The second kappa shape index (κ2) is 7.24. The molecule has 0 aliphatic rings. The molecule has 0 saturated heterocycles. The highest BCUT2D eigenvalue weighted by atomic mass is 32.2. The number of hydrogen-bond donors (Lipinski definition) is 1. The molecule has 0 amide bonds. The number of thiazole rings is 1. The van der Waals surface area contributed by atoms with Gasteiger partial charge >= 0.3 is 0 Å².